The second kappa shape index (κ2) is 3.85. The average Bonchev–Trinajstić information content (AvgIpc) is 2.17. The lowest BCUT2D eigenvalue weighted by Crippen LogP contribution is -2.18. The molecule has 0 amide bonds. The van der Waals surface area contributed by atoms with Gasteiger partial charge in [-0.15, -0.1) is 0 Å². The van der Waals surface area contributed by atoms with Crippen LogP contribution >= 0.6 is 0 Å². The fourth-order valence-corrected chi connectivity index (χ4v) is 1.02. The number of methoxy groups -OCH3 is 1. The molecule has 0 saturated carbocycles. The second-order valence-corrected chi connectivity index (χ2v) is 2.48. The number of ketones is 1. The number of esters is 1. The molecule has 0 fully saturated rings. The highest BCUT2D eigenvalue weighted by Gasteiger charge is 2.18. The lowest BCUT2D eigenvalue weighted by Gasteiger charge is -2.05. The maximum atomic E-state index is 11.2. The minimum atomic E-state index is -0.781. The van der Waals surface area contributed by atoms with E-state index < -0.39 is 11.8 Å². The van der Waals surface area contributed by atoms with Gasteiger partial charge < -0.3 is 4.74 Å². The summed E-state index contributed by atoms with van der Waals surface area (Å²) in [5.74, 6) is -1.31. The zero-order chi connectivity index (χ0) is 8.97. The van der Waals surface area contributed by atoms with Crippen molar-refractivity contribution in [3.05, 3.63) is 23.8 Å². The lowest BCUT2D eigenvalue weighted by molar-refractivity contribution is -0.149. The van der Waals surface area contributed by atoms with Gasteiger partial charge >= 0.3 is 5.97 Å². The van der Waals surface area contributed by atoms with E-state index in [1.165, 1.54) is 7.11 Å². The highest BCUT2D eigenvalue weighted by atomic mass is 16.5. The molecular formula is C9H10O3. The molecule has 0 heterocycles. The second-order valence-electron chi connectivity index (χ2n) is 2.48. The Labute approximate surface area is 70.7 Å². The van der Waals surface area contributed by atoms with E-state index >= 15 is 0 Å². The number of rotatable bonds is 2. The Balaban J connectivity index is 2.69. The molecule has 0 aromatic heterocycles. The van der Waals surface area contributed by atoms with Gasteiger partial charge in [-0.05, 0) is 12.8 Å². The standard InChI is InChI=1S/C9H10O3/c1-12-9(11)8(10)7-5-3-2-4-6-7/h2-3,5H,4,6H2,1H3. The van der Waals surface area contributed by atoms with E-state index in [2.05, 4.69) is 4.74 Å². The maximum absolute atomic E-state index is 11.2. The normalized spacial score (nSPS) is 15.2. The van der Waals surface area contributed by atoms with Gasteiger partial charge in [0.2, 0.25) is 0 Å². The predicted octanol–water partition coefficient (Wildman–Crippen LogP) is 1.00. The summed E-state index contributed by atoms with van der Waals surface area (Å²) in [6, 6.07) is 0. The van der Waals surface area contributed by atoms with Crippen LogP contribution in [0, 0.1) is 0 Å². The van der Waals surface area contributed by atoms with E-state index in [1.807, 2.05) is 6.08 Å². The van der Waals surface area contributed by atoms with Crippen LogP contribution in [0.2, 0.25) is 0 Å². The average molecular weight is 166 g/mol. The lowest BCUT2D eigenvalue weighted by atomic mass is 10.0. The fraction of sp³-hybridized carbons (Fsp3) is 0.333. The SMILES string of the molecule is COC(=O)C(=O)C1=CC=CCC1. The molecule has 0 unspecified atom stereocenters. The van der Waals surface area contributed by atoms with E-state index in [1.54, 1.807) is 12.2 Å². The summed E-state index contributed by atoms with van der Waals surface area (Å²) in [6.07, 6.45) is 6.83. The minimum absolute atomic E-state index is 0.526. The van der Waals surface area contributed by atoms with Gasteiger partial charge in [0, 0.05) is 5.57 Å². The molecule has 0 aromatic rings. The molecule has 12 heavy (non-hydrogen) atoms. The van der Waals surface area contributed by atoms with E-state index in [4.69, 9.17) is 0 Å². The zero-order valence-corrected chi connectivity index (χ0v) is 6.87. The van der Waals surface area contributed by atoms with Crippen LogP contribution in [0.1, 0.15) is 12.8 Å². The first-order valence-corrected chi connectivity index (χ1v) is 3.74. The number of carbonyl (C=O) groups excluding carboxylic acids is 2. The smallest absolute Gasteiger partial charge is 0.379 e. The van der Waals surface area contributed by atoms with Gasteiger partial charge in [-0.1, -0.05) is 18.2 Å². The van der Waals surface area contributed by atoms with Gasteiger partial charge in [0.25, 0.3) is 5.78 Å². The number of ether oxygens (including phenoxy) is 1. The Morgan fingerprint density at radius 1 is 1.50 bits per heavy atom. The quantitative estimate of drug-likeness (QED) is 0.454. The Bertz CT molecular complexity index is 261. The van der Waals surface area contributed by atoms with Crippen LogP contribution in [-0.4, -0.2) is 18.9 Å². The highest BCUT2D eigenvalue weighted by molar-refractivity contribution is 6.40. The molecule has 64 valence electrons. The molecule has 0 atom stereocenters. The Morgan fingerprint density at radius 2 is 2.25 bits per heavy atom. The van der Waals surface area contributed by atoms with Gasteiger partial charge in [-0.2, -0.15) is 0 Å². The van der Waals surface area contributed by atoms with Gasteiger partial charge in [-0.3, -0.25) is 4.79 Å². The third-order valence-electron chi connectivity index (χ3n) is 1.68. The molecule has 1 aliphatic rings. The predicted molar refractivity (Wildman–Crippen MR) is 43.5 cm³/mol. The van der Waals surface area contributed by atoms with Crippen molar-refractivity contribution in [2.24, 2.45) is 0 Å². The Morgan fingerprint density at radius 3 is 2.75 bits per heavy atom. The summed E-state index contributed by atoms with van der Waals surface area (Å²) in [5.41, 5.74) is 0.532. The number of hydrogen-bond donors (Lipinski definition) is 0. The van der Waals surface area contributed by atoms with Crippen molar-refractivity contribution < 1.29 is 14.3 Å². The summed E-state index contributed by atoms with van der Waals surface area (Å²) in [7, 11) is 1.21. The first-order valence-electron chi connectivity index (χ1n) is 3.74. The van der Waals surface area contributed by atoms with Crippen molar-refractivity contribution in [1.82, 2.24) is 0 Å². The number of allylic oxidation sites excluding steroid dienone is 3. The minimum Gasteiger partial charge on any atom is -0.463 e. The summed E-state index contributed by atoms with van der Waals surface area (Å²) >= 11 is 0. The number of carbonyl (C=O) groups is 2. The Hall–Kier alpha value is -1.38. The first-order chi connectivity index (χ1) is 5.75. The first kappa shape index (κ1) is 8.71. The molecule has 0 aromatic carbocycles. The van der Waals surface area contributed by atoms with Crippen molar-refractivity contribution in [1.29, 1.82) is 0 Å². The molecule has 0 saturated heterocycles. The molecule has 0 spiro atoms. The van der Waals surface area contributed by atoms with Crippen molar-refractivity contribution in [3.63, 3.8) is 0 Å². The van der Waals surface area contributed by atoms with Crippen LogP contribution in [-0.2, 0) is 14.3 Å². The molecule has 1 aliphatic carbocycles. The van der Waals surface area contributed by atoms with E-state index in [0.717, 1.165) is 6.42 Å². The number of hydrogen-bond acceptors (Lipinski definition) is 3. The molecule has 0 N–H and O–H groups in total. The van der Waals surface area contributed by atoms with Gasteiger partial charge in [-0.25, -0.2) is 4.79 Å². The molecule has 3 nitrogen and oxygen atoms in total. The molecule has 0 radical (unpaired) electrons. The van der Waals surface area contributed by atoms with Crippen LogP contribution in [0.25, 0.3) is 0 Å². The van der Waals surface area contributed by atoms with Gasteiger partial charge in [0.1, 0.15) is 0 Å². The summed E-state index contributed by atoms with van der Waals surface area (Å²) in [4.78, 5) is 21.9. The molecule has 3 heteroatoms. The molecular weight excluding hydrogens is 156 g/mol. The van der Waals surface area contributed by atoms with Crippen LogP contribution in [0.15, 0.2) is 23.8 Å². The van der Waals surface area contributed by atoms with E-state index in [0.29, 0.717) is 12.0 Å². The van der Waals surface area contributed by atoms with E-state index in [9.17, 15) is 9.59 Å². The van der Waals surface area contributed by atoms with Crippen LogP contribution in [0.3, 0.4) is 0 Å². The Kier molecular flexibility index (Phi) is 2.80. The number of Topliss-reactive ketones (excluding diaryl/α,β-unsaturated/α-hetero) is 1. The van der Waals surface area contributed by atoms with Gasteiger partial charge in [0.05, 0.1) is 7.11 Å². The third kappa shape index (κ3) is 1.81. The fourth-order valence-electron chi connectivity index (χ4n) is 1.02. The van der Waals surface area contributed by atoms with Crippen LogP contribution in [0.4, 0.5) is 0 Å². The third-order valence-corrected chi connectivity index (χ3v) is 1.68. The highest BCUT2D eigenvalue weighted by Crippen LogP contribution is 2.12. The summed E-state index contributed by atoms with van der Waals surface area (Å²) < 4.78 is 4.31. The molecule has 0 aliphatic heterocycles. The van der Waals surface area contributed by atoms with Crippen molar-refractivity contribution in [2.75, 3.05) is 7.11 Å². The topological polar surface area (TPSA) is 43.4 Å². The largest absolute Gasteiger partial charge is 0.463 e. The van der Waals surface area contributed by atoms with Crippen LogP contribution in [0.5, 0.6) is 0 Å². The van der Waals surface area contributed by atoms with E-state index in [-0.39, 0.29) is 0 Å². The zero-order valence-electron chi connectivity index (χ0n) is 6.87. The van der Waals surface area contributed by atoms with Crippen LogP contribution < -0.4 is 0 Å². The molecule has 0 bridgehead atoms. The summed E-state index contributed by atoms with van der Waals surface area (Å²) in [6.45, 7) is 0. The van der Waals surface area contributed by atoms with Gasteiger partial charge in [0.15, 0.2) is 0 Å². The molecule has 1 rings (SSSR count). The van der Waals surface area contributed by atoms with Crippen molar-refractivity contribution >= 4 is 11.8 Å². The monoisotopic (exact) mass is 166 g/mol. The van der Waals surface area contributed by atoms with Crippen molar-refractivity contribution in [2.45, 2.75) is 12.8 Å². The maximum Gasteiger partial charge on any atom is 0.379 e. The summed E-state index contributed by atoms with van der Waals surface area (Å²) in [5, 5.41) is 0. The van der Waals surface area contributed by atoms with Crippen molar-refractivity contribution in [3.8, 4) is 0 Å².